The Morgan fingerprint density at radius 1 is 1.07 bits per heavy atom. The molecule has 1 heterocycles. The second-order valence-electron chi connectivity index (χ2n) is 11.7. The summed E-state index contributed by atoms with van der Waals surface area (Å²) < 4.78 is 42.1. The zero-order valence-corrected chi connectivity index (χ0v) is 27.0. The van der Waals surface area contributed by atoms with Crippen LogP contribution < -0.4 is 25.4 Å². The monoisotopic (exact) mass is 637 g/mol. The van der Waals surface area contributed by atoms with E-state index in [1.807, 2.05) is 36.6 Å². The quantitative estimate of drug-likeness (QED) is 0.214. The lowest BCUT2D eigenvalue weighted by molar-refractivity contribution is -0.122. The minimum Gasteiger partial charge on any atom is -0.454 e. The second kappa shape index (κ2) is 15.1. The minimum atomic E-state index is -3.83. The molecule has 2 aromatic rings. The first kappa shape index (κ1) is 34.5. The van der Waals surface area contributed by atoms with Crippen molar-refractivity contribution in [2.24, 2.45) is 0 Å². The smallest absolute Gasteiger partial charge is 0.408 e. The van der Waals surface area contributed by atoms with Crippen molar-refractivity contribution in [1.29, 1.82) is 0 Å². The third-order valence-electron chi connectivity index (χ3n) is 6.44. The van der Waals surface area contributed by atoms with Gasteiger partial charge in [0, 0.05) is 31.0 Å². The summed E-state index contributed by atoms with van der Waals surface area (Å²) in [5, 5.41) is 19.9. The van der Waals surface area contributed by atoms with Gasteiger partial charge >= 0.3 is 6.09 Å². The van der Waals surface area contributed by atoms with Crippen LogP contribution in [0.1, 0.15) is 52.1 Å². The van der Waals surface area contributed by atoms with E-state index < -0.39 is 38.9 Å². The van der Waals surface area contributed by atoms with Gasteiger partial charge in [-0.2, -0.15) is 11.8 Å². The number of aliphatic hydroxyl groups is 1. The molecule has 3 rings (SSSR count). The van der Waals surface area contributed by atoms with E-state index in [1.165, 1.54) is 30.8 Å². The Labute approximate surface area is 258 Å². The van der Waals surface area contributed by atoms with Crippen molar-refractivity contribution >= 4 is 33.6 Å². The van der Waals surface area contributed by atoms with Crippen molar-refractivity contribution < 1.29 is 37.3 Å². The number of nitrogens with one attached hydrogen (secondary N) is 3. The van der Waals surface area contributed by atoms with Gasteiger partial charge in [-0.15, -0.1) is 0 Å². The Hall–Kier alpha value is -3.00. The molecule has 43 heavy (non-hydrogen) atoms. The molecule has 2 amide bonds. The van der Waals surface area contributed by atoms with Gasteiger partial charge in [-0.25, -0.2) is 13.2 Å². The number of sulfone groups is 1. The van der Waals surface area contributed by atoms with Gasteiger partial charge in [-0.1, -0.05) is 30.3 Å². The van der Waals surface area contributed by atoms with Crippen molar-refractivity contribution in [1.82, 2.24) is 16.0 Å². The maximum absolute atomic E-state index is 13.1. The average Bonchev–Trinajstić information content (AvgIpc) is 3.39. The molecule has 1 aliphatic rings. The lowest BCUT2D eigenvalue weighted by Gasteiger charge is -2.28. The highest BCUT2D eigenvalue weighted by atomic mass is 32.2. The van der Waals surface area contributed by atoms with Crippen LogP contribution in [0, 0.1) is 0 Å². The molecule has 3 atom stereocenters. The molecule has 0 fully saturated rings. The Morgan fingerprint density at radius 3 is 2.44 bits per heavy atom. The molecule has 238 valence electrons. The number of amides is 2. The summed E-state index contributed by atoms with van der Waals surface area (Å²) >= 11 is 1.44. The molecular formula is C30H43N3O8S2. The third-order valence-corrected chi connectivity index (χ3v) is 9.09. The number of benzene rings is 2. The van der Waals surface area contributed by atoms with Gasteiger partial charge in [0.15, 0.2) is 21.3 Å². The number of rotatable bonds is 15. The van der Waals surface area contributed by atoms with Crippen molar-refractivity contribution in [2.45, 2.75) is 68.7 Å². The Bertz CT molecular complexity index is 1330. The summed E-state index contributed by atoms with van der Waals surface area (Å²) in [4.78, 5) is 25.0. The summed E-state index contributed by atoms with van der Waals surface area (Å²) in [6.07, 6.45) is 2.39. The van der Waals surface area contributed by atoms with Crippen LogP contribution in [0.2, 0.25) is 0 Å². The molecule has 0 saturated heterocycles. The molecule has 11 nitrogen and oxygen atoms in total. The van der Waals surface area contributed by atoms with Crippen LogP contribution in [0.4, 0.5) is 4.79 Å². The highest BCUT2D eigenvalue weighted by Crippen LogP contribution is 2.34. The number of fused-ring (bicyclic) bond motifs is 1. The Morgan fingerprint density at radius 2 is 1.77 bits per heavy atom. The number of carbonyl (C=O) groups is 2. The molecule has 0 aliphatic carbocycles. The van der Waals surface area contributed by atoms with E-state index >= 15 is 0 Å². The first-order chi connectivity index (χ1) is 20.2. The summed E-state index contributed by atoms with van der Waals surface area (Å²) in [5.74, 6) is 0.430. The fourth-order valence-corrected chi connectivity index (χ4v) is 6.69. The zero-order valence-electron chi connectivity index (χ0n) is 25.3. The largest absolute Gasteiger partial charge is 0.454 e. The van der Waals surface area contributed by atoms with E-state index in [9.17, 15) is 23.1 Å². The van der Waals surface area contributed by atoms with Crippen LogP contribution in [0.25, 0.3) is 0 Å². The van der Waals surface area contributed by atoms with Gasteiger partial charge in [-0.05, 0) is 64.5 Å². The SMILES string of the molecule is CSC[C@@H](NC(=O)OC(C)(C)C)C(=O)NCCC[C@H](NC[C@@](C)(O)CS(=O)(=O)c1ccc2c(c1)OCO2)c1ccccc1. The first-order valence-electron chi connectivity index (χ1n) is 14.1. The van der Waals surface area contributed by atoms with Crippen LogP contribution in [0.5, 0.6) is 11.5 Å². The van der Waals surface area contributed by atoms with Crippen molar-refractivity contribution in [3.05, 3.63) is 54.1 Å². The van der Waals surface area contributed by atoms with Gasteiger partial charge in [-0.3, -0.25) is 4.79 Å². The molecule has 0 spiro atoms. The number of alkyl carbamates (subject to hydrolysis) is 1. The molecule has 2 aromatic carbocycles. The van der Waals surface area contributed by atoms with E-state index in [-0.39, 0.29) is 30.2 Å². The Balaban J connectivity index is 1.56. The van der Waals surface area contributed by atoms with Gasteiger partial charge in [0.2, 0.25) is 12.7 Å². The van der Waals surface area contributed by atoms with Crippen molar-refractivity contribution in [3.8, 4) is 11.5 Å². The number of ether oxygens (including phenoxy) is 3. The second-order valence-corrected chi connectivity index (χ2v) is 14.6. The van der Waals surface area contributed by atoms with Gasteiger partial charge in [0.25, 0.3) is 0 Å². The summed E-state index contributed by atoms with van der Waals surface area (Å²) in [6, 6.07) is 13.1. The molecule has 0 bridgehead atoms. The normalized spacial score (nSPS) is 15.7. The van der Waals surface area contributed by atoms with Crippen molar-refractivity contribution in [3.63, 3.8) is 0 Å². The number of hydrogen-bond donors (Lipinski definition) is 4. The van der Waals surface area contributed by atoms with Crippen molar-refractivity contribution in [2.75, 3.05) is 37.6 Å². The van der Waals surface area contributed by atoms with Crippen LogP contribution >= 0.6 is 11.8 Å². The molecule has 0 unspecified atom stereocenters. The fraction of sp³-hybridized carbons (Fsp3) is 0.533. The van der Waals surface area contributed by atoms with Gasteiger partial charge in [0.05, 0.1) is 16.2 Å². The standard InChI is InChI=1S/C30H43N3O8S2/c1-29(2,3)41-28(35)33-24(17-42-5)27(34)31-15-9-12-23(21-10-7-6-8-11-21)32-18-30(4,36)19-43(37,38)22-13-14-25-26(16-22)40-20-39-25/h6-8,10-11,13-14,16,23-24,32,36H,9,12,15,17-20H2,1-5H3,(H,31,34)(H,33,35)/t23-,24+,30+/m0/s1. The Kier molecular flexibility index (Phi) is 12.1. The minimum absolute atomic E-state index is 0.0122. The molecule has 1 aliphatic heterocycles. The molecule has 0 radical (unpaired) electrons. The maximum atomic E-state index is 13.1. The number of carbonyl (C=O) groups excluding carboxylic acids is 2. The highest BCUT2D eigenvalue weighted by molar-refractivity contribution is 7.98. The molecule has 0 saturated carbocycles. The summed E-state index contributed by atoms with van der Waals surface area (Å²) in [5.41, 5.74) is -1.28. The lowest BCUT2D eigenvalue weighted by atomic mass is 10.0. The number of hydrogen-bond acceptors (Lipinski definition) is 10. The third kappa shape index (κ3) is 11.2. The highest BCUT2D eigenvalue weighted by Gasteiger charge is 2.32. The molecular weight excluding hydrogens is 594 g/mol. The van der Waals surface area contributed by atoms with Crippen LogP contribution in [-0.2, 0) is 19.4 Å². The predicted molar refractivity (Wildman–Crippen MR) is 166 cm³/mol. The van der Waals surface area contributed by atoms with E-state index in [4.69, 9.17) is 14.2 Å². The topological polar surface area (TPSA) is 152 Å². The van der Waals surface area contributed by atoms with E-state index in [1.54, 1.807) is 26.8 Å². The van der Waals surface area contributed by atoms with Crippen LogP contribution in [-0.4, -0.2) is 80.4 Å². The first-order valence-corrected chi connectivity index (χ1v) is 17.1. The molecule has 4 N–H and O–H groups in total. The number of thioether (sulfide) groups is 1. The molecule has 13 heteroatoms. The lowest BCUT2D eigenvalue weighted by Crippen LogP contribution is -2.49. The summed E-state index contributed by atoms with van der Waals surface area (Å²) in [6.45, 7) is 7.15. The maximum Gasteiger partial charge on any atom is 0.408 e. The van der Waals surface area contributed by atoms with E-state index in [2.05, 4.69) is 16.0 Å². The van der Waals surface area contributed by atoms with Crippen LogP contribution in [0.3, 0.4) is 0 Å². The van der Waals surface area contributed by atoms with Gasteiger partial charge in [0.1, 0.15) is 11.6 Å². The van der Waals surface area contributed by atoms with E-state index in [0.29, 0.717) is 36.6 Å². The fourth-order valence-electron chi connectivity index (χ4n) is 4.47. The van der Waals surface area contributed by atoms with Crippen LogP contribution in [0.15, 0.2) is 53.4 Å². The average molecular weight is 638 g/mol. The summed E-state index contributed by atoms with van der Waals surface area (Å²) in [7, 11) is -3.83. The zero-order chi connectivity index (χ0) is 31.7. The van der Waals surface area contributed by atoms with E-state index in [0.717, 1.165) is 5.56 Å². The molecule has 0 aromatic heterocycles. The van der Waals surface area contributed by atoms with Gasteiger partial charge < -0.3 is 35.3 Å². The predicted octanol–water partition coefficient (Wildman–Crippen LogP) is 3.42.